The van der Waals surface area contributed by atoms with Crippen LogP contribution in [0.25, 0.3) is 28.2 Å². The van der Waals surface area contributed by atoms with Gasteiger partial charge in [0.05, 0.1) is 30.4 Å². The fourth-order valence-corrected chi connectivity index (χ4v) is 3.52. The van der Waals surface area contributed by atoms with Crippen LogP contribution in [0.4, 0.5) is 5.82 Å². The first-order chi connectivity index (χ1) is 13.8. The van der Waals surface area contributed by atoms with Crippen LogP contribution in [0, 0.1) is 0 Å². The Balaban J connectivity index is 1.61. The molecule has 140 valence electrons. The smallest absolute Gasteiger partial charge is 0.148 e. The summed E-state index contributed by atoms with van der Waals surface area (Å²) in [7, 11) is 0. The molecule has 0 N–H and O–H groups in total. The molecule has 0 aliphatic carbocycles. The highest BCUT2D eigenvalue weighted by Gasteiger charge is 2.17. The molecule has 0 unspecified atom stereocenters. The molecule has 0 radical (unpaired) electrons. The number of imidazole rings is 1. The molecule has 1 aliphatic rings. The number of anilines is 1. The SMILES string of the molecule is Clc1ccnc(-n2c(-c3ccc(N4CCOCC4)nc3)nc3ccncc32)c1. The molecule has 7 nitrogen and oxygen atoms in total. The van der Waals surface area contributed by atoms with Gasteiger partial charge < -0.3 is 9.64 Å². The number of hydrogen-bond donors (Lipinski definition) is 0. The van der Waals surface area contributed by atoms with Crippen molar-refractivity contribution in [2.45, 2.75) is 0 Å². The summed E-state index contributed by atoms with van der Waals surface area (Å²) < 4.78 is 7.37. The fraction of sp³-hybridized carbons (Fsp3) is 0.200. The summed E-state index contributed by atoms with van der Waals surface area (Å²) >= 11 is 6.20. The Morgan fingerprint density at radius 2 is 1.82 bits per heavy atom. The van der Waals surface area contributed by atoms with Crippen molar-refractivity contribution in [1.82, 2.24) is 24.5 Å². The molecule has 0 atom stereocenters. The highest BCUT2D eigenvalue weighted by atomic mass is 35.5. The summed E-state index contributed by atoms with van der Waals surface area (Å²) in [6.45, 7) is 3.16. The molecule has 5 rings (SSSR count). The van der Waals surface area contributed by atoms with Crippen molar-refractivity contribution < 1.29 is 4.74 Å². The second kappa shape index (κ2) is 7.18. The monoisotopic (exact) mass is 392 g/mol. The summed E-state index contributed by atoms with van der Waals surface area (Å²) in [5.74, 6) is 2.38. The molecule has 1 fully saturated rings. The lowest BCUT2D eigenvalue weighted by Gasteiger charge is -2.27. The highest BCUT2D eigenvalue weighted by molar-refractivity contribution is 6.30. The zero-order valence-corrected chi connectivity index (χ0v) is 15.8. The van der Waals surface area contributed by atoms with Crippen LogP contribution in [-0.2, 0) is 4.74 Å². The Labute approximate surface area is 166 Å². The van der Waals surface area contributed by atoms with Gasteiger partial charge in [0.25, 0.3) is 0 Å². The lowest BCUT2D eigenvalue weighted by atomic mass is 10.2. The van der Waals surface area contributed by atoms with Crippen molar-refractivity contribution in [2.75, 3.05) is 31.2 Å². The number of aromatic nitrogens is 5. The number of halogens is 1. The van der Waals surface area contributed by atoms with E-state index in [4.69, 9.17) is 21.3 Å². The maximum Gasteiger partial charge on any atom is 0.148 e. The van der Waals surface area contributed by atoms with Gasteiger partial charge in [-0.25, -0.2) is 15.0 Å². The van der Waals surface area contributed by atoms with E-state index < -0.39 is 0 Å². The molecular weight excluding hydrogens is 376 g/mol. The van der Waals surface area contributed by atoms with Gasteiger partial charge in [-0.2, -0.15) is 0 Å². The van der Waals surface area contributed by atoms with E-state index in [1.165, 1.54) is 0 Å². The minimum absolute atomic E-state index is 0.613. The maximum atomic E-state index is 6.20. The van der Waals surface area contributed by atoms with Crippen molar-refractivity contribution in [3.05, 3.63) is 60.1 Å². The van der Waals surface area contributed by atoms with E-state index in [1.54, 1.807) is 24.7 Å². The summed E-state index contributed by atoms with van der Waals surface area (Å²) in [5, 5.41) is 0.613. The average Bonchev–Trinajstić information content (AvgIpc) is 3.14. The zero-order valence-electron chi connectivity index (χ0n) is 15.0. The van der Waals surface area contributed by atoms with E-state index >= 15 is 0 Å². The molecule has 1 aliphatic heterocycles. The molecule has 4 aromatic heterocycles. The number of hydrogen-bond acceptors (Lipinski definition) is 6. The Kier molecular flexibility index (Phi) is 4.38. The van der Waals surface area contributed by atoms with E-state index in [9.17, 15) is 0 Å². The molecule has 0 saturated carbocycles. The van der Waals surface area contributed by atoms with E-state index in [0.29, 0.717) is 10.8 Å². The third-order valence-electron chi connectivity index (χ3n) is 4.73. The number of fused-ring (bicyclic) bond motifs is 1. The van der Waals surface area contributed by atoms with Crippen molar-refractivity contribution in [3.8, 4) is 17.2 Å². The Morgan fingerprint density at radius 1 is 0.929 bits per heavy atom. The third kappa shape index (κ3) is 3.08. The largest absolute Gasteiger partial charge is 0.378 e. The molecule has 0 aromatic carbocycles. The van der Waals surface area contributed by atoms with Gasteiger partial charge in [-0.1, -0.05) is 11.6 Å². The van der Waals surface area contributed by atoms with Gasteiger partial charge in [-0.15, -0.1) is 0 Å². The summed E-state index contributed by atoms with van der Waals surface area (Å²) in [4.78, 5) is 20.4. The lowest BCUT2D eigenvalue weighted by Crippen LogP contribution is -2.36. The Morgan fingerprint density at radius 3 is 2.61 bits per heavy atom. The quantitative estimate of drug-likeness (QED) is 0.532. The second-order valence-electron chi connectivity index (χ2n) is 6.47. The number of morpholine rings is 1. The van der Waals surface area contributed by atoms with Crippen molar-refractivity contribution in [2.24, 2.45) is 0 Å². The van der Waals surface area contributed by atoms with E-state index in [-0.39, 0.29) is 0 Å². The molecule has 5 heterocycles. The molecule has 8 heteroatoms. The normalized spacial score (nSPS) is 14.5. The summed E-state index contributed by atoms with van der Waals surface area (Å²) in [6.07, 6.45) is 7.04. The molecule has 0 amide bonds. The Bertz CT molecular complexity index is 1120. The van der Waals surface area contributed by atoms with E-state index in [2.05, 4.69) is 19.9 Å². The molecule has 0 spiro atoms. The summed E-state index contributed by atoms with van der Waals surface area (Å²) in [5.41, 5.74) is 2.60. The summed E-state index contributed by atoms with van der Waals surface area (Å²) in [6, 6.07) is 9.51. The van der Waals surface area contributed by atoms with Gasteiger partial charge in [0.2, 0.25) is 0 Å². The first-order valence-electron chi connectivity index (χ1n) is 9.03. The minimum atomic E-state index is 0.613. The molecule has 28 heavy (non-hydrogen) atoms. The van der Waals surface area contributed by atoms with Crippen LogP contribution in [0.3, 0.4) is 0 Å². The zero-order chi connectivity index (χ0) is 18.9. The molecular formula is C20H17ClN6O. The van der Waals surface area contributed by atoms with Gasteiger partial charge in [-0.05, 0) is 24.3 Å². The van der Waals surface area contributed by atoms with Gasteiger partial charge in [0, 0.05) is 48.3 Å². The van der Waals surface area contributed by atoms with Crippen LogP contribution in [0.1, 0.15) is 0 Å². The average molecular weight is 393 g/mol. The van der Waals surface area contributed by atoms with Crippen molar-refractivity contribution in [1.29, 1.82) is 0 Å². The predicted molar refractivity (Wildman–Crippen MR) is 108 cm³/mol. The van der Waals surface area contributed by atoms with Gasteiger partial charge in [0.15, 0.2) is 0 Å². The maximum absolute atomic E-state index is 6.20. The first kappa shape index (κ1) is 17.1. The Hall–Kier alpha value is -3.03. The second-order valence-corrected chi connectivity index (χ2v) is 6.91. The number of pyridine rings is 3. The van der Waals surface area contributed by atoms with Crippen LogP contribution >= 0.6 is 11.6 Å². The first-order valence-corrected chi connectivity index (χ1v) is 9.41. The third-order valence-corrected chi connectivity index (χ3v) is 4.97. The van der Waals surface area contributed by atoms with Crippen LogP contribution in [0.15, 0.2) is 55.1 Å². The minimum Gasteiger partial charge on any atom is -0.378 e. The lowest BCUT2D eigenvalue weighted by molar-refractivity contribution is 0.122. The standard InChI is InChI=1S/C20H17ClN6O/c21-15-3-6-23-19(11-15)27-17-13-22-5-4-16(17)25-20(27)14-1-2-18(24-12-14)26-7-9-28-10-8-26/h1-6,11-13H,7-10H2. The van der Waals surface area contributed by atoms with Gasteiger partial charge in [-0.3, -0.25) is 9.55 Å². The van der Waals surface area contributed by atoms with Crippen molar-refractivity contribution >= 4 is 28.5 Å². The molecule has 0 bridgehead atoms. The van der Waals surface area contributed by atoms with E-state index in [0.717, 1.165) is 54.5 Å². The number of nitrogens with zero attached hydrogens (tertiary/aromatic N) is 6. The number of rotatable bonds is 3. The van der Waals surface area contributed by atoms with Gasteiger partial charge >= 0.3 is 0 Å². The van der Waals surface area contributed by atoms with Crippen LogP contribution < -0.4 is 4.90 Å². The van der Waals surface area contributed by atoms with Crippen LogP contribution in [0.5, 0.6) is 0 Å². The van der Waals surface area contributed by atoms with E-state index in [1.807, 2.05) is 35.0 Å². The predicted octanol–water partition coefficient (Wildman–Crippen LogP) is 3.37. The molecule has 1 saturated heterocycles. The fourth-order valence-electron chi connectivity index (χ4n) is 3.36. The van der Waals surface area contributed by atoms with Gasteiger partial charge in [0.1, 0.15) is 17.5 Å². The van der Waals surface area contributed by atoms with Crippen molar-refractivity contribution in [3.63, 3.8) is 0 Å². The molecule has 4 aromatic rings. The number of ether oxygens (including phenoxy) is 1. The topological polar surface area (TPSA) is 69.0 Å². The highest BCUT2D eigenvalue weighted by Crippen LogP contribution is 2.28. The van der Waals surface area contributed by atoms with Crippen LogP contribution in [0.2, 0.25) is 5.02 Å². The van der Waals surface area contributed by atoms with Crippen LogP contribution in [-0.4, -0.2) is 50.8 Å².